The van der Waals surface area contributed by atoms with Gasteiger partial charge >= 0.3 is 23.9 Å². The first-order valence-electron chi connectivity index (χ1n) is 55.9. The van der Waals surface area contributed by atoms with E-state index >= 15 is 0 Å². The number of nitrogens with zero attached hydrogens (tertiary/aromatic N) is 3. The fourth-order valence-corrected chi connectivity index (χ4v) is 17.8. The summed E-state index contributed by atoms with van der Waals surface area (Å²) in [5.74, 6) is 2.87. The van der Waals surface area contributed by atoms with E-state index in [2.05, 4.69) is 83.9 Å². The van der Waals surface area contributed by atoms with Crippen LogP contribution in [-0.2, 0) is 38.1 Å². The van der Waals surface area contributed by atoms with Crippen LogP contribution in [0.15, 0.2) is 0 Å². The van der Waals surface area contributed by atoms with Crippen molar-refractivity contribution >= 4 is 35.5 Å². The standard InChI is InChI=1S/C55H110N2O5.C50H98ClNO4.C6H14O/c1-6-11-15-19-23-31-40-52(38-29-17-13-8-3)50-61-54(59)42-33-25-21-27-35-44-57(48-47-56(10-5)46-37-49-58)45-36-28-22-26-34-43-55(60)62-51-53(39-30-18-14-9-4)41-32-24-20-16-12-7-2;1-5-9-13-17-21-29-37-47(35-27-15-11-7-3)45-55-49(53)39-31-23-19-25-33-42-52(44-41-51)43-34-26-20-24-32-40-50(54)56-46-48(36-28-16-12-8-4)38-30-22-18-14-10-6-2;1-2-3-4-5-6-7/h52-53,58H,6-51H2,1-5H3;47-48H,5-46H2,1-4H3;7H,2-6H2,1H3. The van der Waals surface area contributed by atoms with Crippen LogP contribution in [0.2, 0.25) is 0 Å². The van der Waals surface area contributed by atoms with Gasteiger partial charge in [0.15, 0.2) is 0 Å². The molecule has 0 saturated heterocycles. The summed E-state index contributed by atoms with van der Waals surface area (Å²) in [6.45, 7) is 35.2. The summed E-state index contributed by atoms with van der Waals surface area (Å²) in [4.78, 5) is 58.0. The van der Waals surface area contributed by atoms with Crippen LogP contribution in [0, 0.1) is 23.7 Å². The average Bonchev–Trinajstić information content (AvgIpc) is 0.980. The van der Waals surface area contributed by atoms with Crippen LogP contribution in [-0.4, -0.2) is 153 Å². The molecule has 0 aliphatic rings. The Morgan fingerprint density at radius 1 is 0.208 bits per heavy atom. The number of hydrogen-bond acceptors (Lipinski definition) is 13. The lowest BCUT2D eigenvalue weighted by atomic mass is 9.95. The molecule has 0 aliphatic heterocycles. The van der Waals surface area contributed by atoms with Crippen molar-refractivity contribution in [2.45, 2.75) is 564 Å². The largest absolute Gasteiger partial charge is 0.465 e. The molecule has 0 bridgehead atoms. The molecule has 0 fully saturated rings. The normalized spacial score (nSPS) is 12.5. The van der Waals surface area contributed by atoms with E-state index in [9.17, 15) is 24.3 Å². The average molecular weight is 1790 g/mol. The van der Waals surface area contributed by atoms with E-state index in [0.717, 1.165) is 123 Å². The molecule has 748 valence electrons. The molecule has 0 aromatic rings. The Bertz CT molecular complexity index is 1970. The van der Waals surface area contributed by atoms with E-state index in [1.165, 1.54) is 405 Å². The molecule has 0 aromatic carbocycles. The molecule has 2 N–H and O–H groups in total. The van der Waals surface area contributed by atoms with Gasteiger partial charge in [-0.15, -0.1) is 11.6 Å². The van der Waals surface area contributed by atoms with Crippen LogP contribution in [0.4, 0.5) is 0 Å². The minimum Gasteiger partial charge on any atom is -0.465 e. The van der Waals surface area contributed by atoms with Gasteiger partial charge in [-0.3, -0.25) is 19.2 Å². The lowest BCUT2D eigenvalue weighted by Gasteiger charge is -2.27. The van der Waals surface area contributed by atoms with E-state index in [1.54, 1.807) is 0 Å². The first-order chi connectivity index (χ1) is 61.3. The Morgan fingerprint density at radius 3 is 0.600 bits per heavy atom. The molecule has 14 heteroatoms. The van der Waals surface area contributed by atoms with Crippen LogP contribution in [0.25, 0.3) is 0 Å². The number of carbonyl (C=O) groups excluding carboxylic acids is 4. The van der Waals surface area contributed by atoms with Crippen molar-refractivity contribution in [3.8, 4) is 0 Å². The third kappa shape index (κ3) is 101. The van der Waals surface area contributed by atoms with Crippen LogP contribution in [0.5, 0.6) is 0 Å². The molecule has 0 aromatic heterocycles. The molecule has 0 radical (unpaired) electrons. The van der Waals surface area contributed by atoms with Crippen molar-refractivity contribution in [2.75, 3.05) is 104 Å². The summed E-state index contributed by atoms with van der Waals surface area (Å²) in [6, 6.07) is 0. The van der Waals surface area contributed by atoms with Gasteiger partial charge in [0.2, 0.25) is 0 Å². The number of esters is 4. The van der Waals surface area contributed by atoms with Crippen molar-refractivity contribution in [1.29, 1.82) is 0 Å². The Hall–Kier alpha value is -2.03. The summed E-state index contributed by atoms with van der Waals surface area (Å²) in [6.07, 6.45) is 92.4. The van der Waals surface area contributed by atoms with E-state index < -0.39 is 0 Å². The molecule has 0 spiro atoms. The molecule has 0 amide bonds. The van der Waals surface area contributed by atoms with Crippen molar-refractivity contribution in [3.05, 3.63) is 0 Å². The summed E-state index contributed by atoms with van der Waals surface area (Å²) < 4.78 is 23.3. The Morgan fingerprint density at radius 2 is 0.384 bits per heavy atom. The van der Waals surface area contributed by atoms with Gasteiger partial charge in [-0.05, 0) is 172 Å². The lowest BCUT2D eigenvalue weighted by Crippen LogP contribution is -2.37. The molecule has 4 unspecified atom stereocenters. The second-order valence-electron chi connectivity index (χ2n) is 38.6. The summed E-state index contributed by atoms with van der Waals surface area (Å²) >= 11 is 6.15. The van der Waals surface area contributed by atoms with Gasteiger partial charge in [0.05, 0.1) is 26.4 Å². The molecular formula is C111H222ClN3O10. The fraction of sp³-hybridized carbons (Fsp3) is 0.964. The predicted molar refractivity (Wildman–Crippen MR) is 544 cm³/mol. The van der Waals surface area contributed by atoms with E-state index in [1.807, 2.05) is 0 Å². The summed E-state index contributed by atoms with van der Waals surface area (Å²) in [5, 5.41) is 17.7. The lowest BCUT2D eigenvalue weighted by molar-refractivity contribution is -0.146. The first kappa shape index (κ1) is 127. The number of unbranched alkanes of at least 4 members (excludes halogenated alkanes) is 51. The minimum absolute atomic E-state index is 0.00927. The summed E-state index contributed by atoms with van der Waals surface area (Å²) in [7, 11) is 0. The number of alkyl halides is 1. The van der Waals surface area contributed by atoms with Gasteiger partial charge in [-0.25, -0.2) is 0 Å². The van der Waals surface area contributed by atoms with Crippen LogP contribution in [0.3, 0.4) is 0 Å². The number of hydrogen-bond donors (Lipinski definition) is 2. The zero-order chi connectivity index (χ0) is 91.9. The Labute approximate surface area is 785 Å². The van der Waals surface area contributed by atoms with Gasteiger partial charge in [0, 0.05) is 71.0 Å². The first-order valence-corrected chi connectivity index (χ1v) is 56.5. The molecular weight excluding hydrogens is 1570 g/mol. The molecule has 125 heavy (non-hydrogen) atoms. The molecule has 0 saturated carbocycles. The topological polar surface area (TPSA) is 155 Å². The van der Waals surface area contributed by atoms with Gasteiger partial charge in [0.25, 0.3) is 0 Å². The number of aliphatic hydroxyl groups excluding tert-OH is 2. The number of ether oxygens (including phenoxy) is 4. The molecule has 0 rings (SSSR count). The quantitative estimate of drug-likeness (QED) is 0.0257. The number of halogens is 1. The number of aliphatic hydroxyl groups is 2. The second-order valence-corrected chi connectivity index (χ2v) is 38.9. The summed E-state index contributed by atoms with van der Waals surface area (Å²) in [5.41, 5.74) is 0. The van der Waals surface area contributed by atoms with Crippen LogP contribution >= 0.6 is 11.6 Å². The molecule has 4 atom stereocenters. The highest BCUT2D eigenvalue weighted by atomic mass is 35.5. The zero-order valence-electron chi connectivity index (χ0n) is 86.0. The Kier molecular flexibility index (Phi) is 111. The fourth-order valence-electron chi connectivity index (χ4n) is 17.5. The third-order valence-electron chi connectivity index (χ3n) is 26.3. The molecule has 0 aliphatic carbocycles. The van der Waals surface area contributed by atoms with Gasteiger partial charge in [-0.1, -0.05) is 422 Å². The van der Waals surface area contributed by atoms with E-state index in [0.29, 0.717) is 88.3 Å². The van der Waals surface area contributed by atoms with Gasteiger partial charge in [-0.2, -0.15) is 0 Å². The van der Waals surface area contributed by atoms with Crippen molar-refractivity contribution in [1.82, 2.24) is 14.7 Å². The van der Waals surface area contributed by atoms with Crippen molar-refractivity contribution < 1.29 is 48.3 Å². The number of carbonyl (C=O) groups is 4. The van der Waals surface area contributed by atoms with Gasteiger partial charge in [0.1, 0.15) is 0 Å². The minimum atomic E-state index is 0.00927. The maximum absolute atomic E-state index is 12.7. The van der Waals surface area contributed by atoms with Gasteiger partial charge < -0.3 is 43.9 Å². The van der Waals surface area contributed by atoms with Crippen molar-refractivity contribution in [2.24, 2.45) is 23.7 Å². The predicted octanol–water partition coefficient (Wildman–Crippen LogP) is 33.0. The SMILES string of the molecule is CCCCCCCCC(CCCCCC)COC(=O)CCCCCCCN(CCCCCCCC(=O)OCC(CCCCCC)CCCCCCCC)CCN(CC)CCCO.CCCCCCCCC(CCCCCC)COC(=O)CCCCCCCN(CCCl)CCCCCCCC(=O)OCC(CCCCCC)CCCCCCCC.CCCCCCO. The number of likely N-dealkylation sites (N-methyl/N-ethyl adjacent to an activating group) is 1. The molecule has 0 heterocycles. The smallest absolute Gasteiger partial charge is 0.305 e. The highest BCUT2D eigenvalue weighted by molar-refractivity contribution is 6.18. The maximum Gasteiger partial charge on any atom is 0.305 e. The number of rotatable bonds is 101. The third-order valence-corrected chi connectivity index (χ3v) is 26.5. The van der Waals surface area contributed by atoms with Crippen LogP contribution < -0.4 is 0 Å². The van der Waals surface area contributed by atoms with E-state index in [-0.39, 0.29) is 30.5 Å². The zero-order valence-corrected chi connectivity index (χ0v) is 86.7. The highest BCUT2D eigenvalue weighted by Crippen LogP contribution is 2.26. The van der Waals surface area contributed by atoms with Crippen LogP contribution in [0.1, 0.15) is 564 Å². The highest BCUT2D eigenvalue weighted by Gasteiger charge is 2.19. The van der Waals surface area contributed by atoms with Crippen molar-refractivity contribution in [3.63, 3.8) is 0 Å². The molecule has 13 nitrogen and oxygen atoms in total. The van der Waals surface area contributed by atoms with E-state index in [4.69, 9.17) is 35.7 Å². The second kappa shape index (κ2) is 109. The monoisotopic (exact) mass is 1790 g/mol. The Balaban J connectivity index is -0.00000222. The maximum atomic E-state index is 12.7.